The fourth-order valence-corrected chi connectivity index (χ4v) is 3.40. The van der Waals surface area contributed by atoms with Crippen molar-refractivity contribution in [3.05, 3.63) is 33.3 Å². The summed E-state index contributed by atoms with van der Waals surface area (Å²) in [6.07, 6.45) is 1.24. The molecule has 4 heteroatoms. The van der Waals surface area contributed by atoms with Gasteiger partial charge in [-0.25, -0.2) is 0 Å². The highest BCUT2D eigenvalue weighted by Crippen LogP contribution is 2.39. The number of hydrogen-bond acceptors (Lipinski definition) is 2. The van der Waals surface area contributed by atoms with Crippen LogP contribution in [-0.2, 0) is 0 Å². The highest BCUT2D eigenvalue weighted by molar-refractivity contribution is 9.10. The van der Waals surface area contributed by atoms with E-state index in [2.05, 4.69) is 39.3 Å². The Kier molecular flexibility index (Phi) is 4.47. The van der Waals surface area contributed by atoms with Gasteiger partial charge in [-0.3, -0.25) is 4.90 Å². The predicted molar refractivity (Wildman–Crippen MR) is 76.6 cm³/mol. The molecule has 1 aliphatic heterocycles. The molecular formula is C13H18BrClN2. The average Bonchev–Trinajstić information content (AvgIpc) is 2.64. The molecule has 2 nitrogen and oxygen atoms in total. The molecule has 0 amide bonds. The van der Waals surface area contributed by atoms with E-state index in [9.17, 15) is 0 Å². The second-order valence-electron chi connectivity index (χ2n) is 4.70. The zero-order chi connectivity index (χ0) is 12.4. The average molecular weight is 318 g/mol. The summed E-state index contributed by atoms with van der Waals surface area (Å²) in [6.45, 7) is 2.20. The van der Waals surface area contributed by atoms with E-state index in [1.165, 1.54) is 12.0 Å². The minimum atomic E-state index is 0.454. The van der Waals surface area contributed by atoms with Crippen molar-refractivity contribution in [3.63, 3.8) is 0 Å². The van der Waals surface area contributed by atoms with Gasteiger partial charge in [0.25, 0.3) is 0 Å². The molecule has 1 saturated heterocycles. The highest BCUT2D eigenvalue weighted by Gasteiger charge is 2.33. The van der Waals surface area contributed by atoms with Crippen molar-refractivity contribution in [2.75, 3.05) is 27.2 Å². The van der Waals surface area contributed by atoms with E-state index in [0.717, 1.165) is 22.6 Å². The highest BCUT2D eigenvalue weighted by atomic mass is 79.9. The van der Waals surface area contributed by atoms with E-state index in [4.69, 9.17) is 11.6 Å². The molecule has 1 fully saturated rings. The van der Waals surface area contributed by atoms with Gasteiger partial charge in [0.15, 0.2) is 0 Å². The topological polar surface area (TPSA) is 15.3 Å². The quantitative estimate of drug-likeness (QED) is 0.920. The Labute approximate surface area is 116 Å². The normalized spacial score (nSPS) is 25.4. The van der Waals surface area contributed by atoms with Crippen LogP contribution in [0.25, 0.3) is 0 Å². The van der Waals surface area contributed by atoms with Crippen molar-refractivity contribution >= 4 is 27.5 Å². The van der Waals surface area contributed by atoms with Crippen molar-refractivity contribution in [1.29, 1.82) is 0 Å². The third kappa shape index (κ3) is 2.84. The van der Waals surface area contributed by atoms with Gasteiger partial charge in [0.05, 0.1) is 0 Å². The number of nitrogens with zero attached hydrogens (tertiary/aromatic N) is 1. The van der Waals surface area contributed by atoms with Crippen LogP contribution < -0.4 is 5.32 Å². The van der Waals surface area contributed by atoms with E-state index < -0.39 is 0 Å². The lowest BCUT2D eigenvalue weighted by Crippen LogP contribution is -2.27. The number of likely N-dealkylation sites (tertiary alicyclic amines) is 1. The van der Waals surface area contributed by atoms with Crippen LogP contribution in [-0.4, -0.2) is 32.1 Å². The van der Waals surface area contributed by atoms with Gasteiger partial charge >= 0.3 is 0 Å². The largest absolute Gasteiger partial charge is 0.319 e. The van der Waals surface area contributed by atoms with Crippen LogP contribution in [0.5, 0.6) is 0 Å². The van der Waals surface area contributed by atoms with Crippen molar-refractivity contribution < 1.29 is 0 Å². The van der Waals surface area contributed by atoms with Gasteiger partial charge in [-0.15, -0.1) is 0 Å². The van der Waals surface area contributed by atoms with Gasteiger partial charge in [0.2, 0.25) is 0 Å². The van der Waals surface area contributed by atoms with E-state index in [-0.39, 0.29) is 0 Å². The first kappa shape index (κ1) is 13.3. The fourth-order valence-electron chi connectivity index (χ4n) is 2.73. The minimum absolute atomic E-state index is 0.454. The van der Waals surface area contributed by atoms with Gasteiger partial charge < -0.3 is 5.32 Å². The summed E-state index contributed by atoms with van der Waals surface area (Å²) in [7, 11) is 4.20. The maximum Gasteiger partial charge on any atom is 0.0410 e. The molecule has 2 rings (SSSR count). The predicted octanol–water partition coefficient (Wildman–Crippen LogP) is 3.31. The number of benzene rings is 1. The molecule has 0 bridgehead atoms. The smallest absolute Gasteiger partial charge is 0.0410 e. The summed E-state index contributed by atoms with van der Waals surface area (Å²) in [6, 6.07) is 6.51. The Hall–Kier alpha value is -0.0900. The van der Waals surface area contributed by atoms with Gasteiger partial charge in [-0.05, 0) is 63.3 Å². The number of halogens is 2. The van der Waals surface area contributed by atoms with Crippen molar-refractivity contribution in [2.24, 2.45) is 5.92 Å². The van der Waals surface area contributed by atoms with Crippen molar-refractivity contribution in [3.8, 4) is 0 Å². The van der Waals surface area contributed by atoms with Gasteiger partial charge in [0, 0.05) is 15.5 Å². The third-order valence-electron chi connectivity index (χ3n) is 3.52. The van der Waals surface area contributed by atoms with Crippen molar-refractivity contribution in [2.45, 2.75) is 12.5 Å². The van der Waals surface area contributed by atoms with Gasteiger partial charge in [-0.2, -0.15) is 0 Å². The molecule has 94 valence electrons. The van der Waals surface area contributed by atoms with Crippen LogP contribution in [0, 0.1) is 5.92 Å². The summed E-state index contributed by atoms with van der Waals surface area (Å²) in [4.78, 5) is 2.42. The number of nitrogens with one attached hydrogen (secondary N) is 1. The van der Waals surface area contributed by atoms with Gasteiger partial charge in [0.1, 0.15) is 0 Å². The third-order valence-corrected chi connectivity index (χ3v) is 4.47. The standard InChI is InChI=1S/C13H18BrClN2/c1-16-8-9-5-6-17(2)13(9)11-7-10(15)3-4-12(11)14/h3-4,7,9,13,16H,5-6,8H2,1-2H3. The summed E-state index contributed by atoms with van der Waals surface area (Å²) in [5.41, 5.74) is 1.30. The Morgan fingerprint density at radius 1 is 1.53 bits per heavy atom. The molecule has 0 radical (unpaired) electrons. The minimum Gasteiger partial charge on any atom is -0.319 e. The zero-order valence-electron chi connectivity index (χ0n) is 10.2. The Bertz CT molecular complexity index is 395. The molecular weight excluding hydrogens is 300 g/mol. The molecule has 2 unspecified atom stereocenters. The van der Waals surface area contributed by atoms with Crippen molar-refractivity contribution in [1.82, 2.24) is 10.2 Å². The monoisotopic (exact) mass is 316 g/mol. The maximum absolute atomic E-state index is 6.11. The molecule has 0 aromatic heterocycles. The second-order valence-corrected chi connectivity index (χ2v) is 5.99. The van der Waals surface area contributed by atoms with E-state index >= 15 is 0 Å². The molecule has 1 aromatic rings. The van der Waals surface area contributed by atoms with Gasteiger partial charge in [-0.1, -0.05) is 27.5 Å². The molecule has 1 N–H and O–H groups in total. The van der Waals surface area contributed by atoms with E-state index in [0.29, 0.717) is 12.0 Å². The summed E-state index contributed by atoms with van der Waals surface area (Å²) in [5, 5.41) is 4.10. The molecule has 1 heterocycles. The van der Waals surface area contributed by atoms with Crippen LogP contribution >= 0.6 is 27.5 Å². The van der Waals surface area contributed by atoms with E-state index in [1.54, 1.807) is 0 Å². The molecule has 2 atom stereocenters. The Balaban J connectivity index is 2.32. The SMILES string of the molecule is CNCC1CCN(C)C1c1cc(Cl)ccc1Br. The lowest BCUT2D eigenvalue weighted by Gasteiger charge is -2.26. The molecule has 17 heavy (non-hydrogen) atoms. The van der Waals surface area contributed by atoms with Crippen LogP contribution in [0.3, 0.4) is 0 Å². The second kappa shape index (κ2) is 5.70. The first-order valence-corrected chi connectivity index (χ1v) is 7.10. The lowest BCUT2D eigenvalue weighted by molar-refractivity contribution is 0.273. The van der Waals surface area contributed by atoms with Crippen LogP contribution in [0.2, 0.25) is 5.02 Å². The summed E-state index contributed by atoms with van der Waals surface area (Å²) < 4.78 is 1.15. The molecule has 0 saturated carbocycles. The fraction of sp³-hybridized carbons (Fsp3) is 0.538. The van der Waals surface area contributed by atoms with Crippen LogP contribution in [0.15, 0.2) is 22.7 Å². The molecule has 0 aliphatic carbocycles. The lowest BCUT2D eigenvalue weighted by atomic mass is 9.94. The first-order valence-electron chi connectivity index (χ1n) is 5.93. The van der Waals surface area contributed by atoms with Crippen LogP contribution in [0.4, 0.5) is 0 Å². The summed E-state index contributed by atoms with van der Waals surface area (Å²) in [5.74, 6) is 0.653. The van der Waals surface area contributed by atoms with Crippen LogP contribution in [0.1, 0.15) is 18.0 Å². The number of hydrogen-bond donors (Lipinski definition) is 1. The molecule has 0 spiro atoms. The Morgan fingerprint density at radius 2 is 2.29 bits per heavy atom. The maximum atomic E-state index is 6.11. The Morgan fingerprint density at radius 3 is 3.00 bits per heavy atom. The zero-order valence-corrected chi connectivity index (χ0v) is 12.6. The molecule has 1 aromatic carbocycles. The number of rotatable bonds is 3. The van der Waals surface area contributed by atoms with E-state index in [1.807, 2.05) is 19.2 Å². The first-order chi connectivity index (χ1) is 8.13. The molecule has 1 aliphatic rings. The summed E-state index contributed by atoms with van der Waals surface area (Å²) >= 11 is 9.75.